The number of benzene rings is 1. The van der Waals surface area contributed by atoms with Crippen molar-refractivity contribution in [3.8, 4) is 0 Å². The van der Waals surface area contributed by atoms with Crippen molar-refractivity contribution in [1.29, 1.82) is 0 Å². The van der Waals surface area contributed by atoms with Crippen LogP contribution in [-0.2, 0) is 15.7 Å². The fourth-order valence-electron chi connectivity index (χ4n) is 3.23. The molecule has 0 unspecified atom stereocenters. The van der Waals surface area contributed by atoms with Gasteiger partial charge in [-0.05, 0) is 31.5 Å². The fourth-order valence-corrected chi connectivity index (χ4v) is 3.23. The molecule has 2 rings (SSSR count). The highest BCUT2D eigenvalue weighted by Crippen LogP contribution is 2.35. The number of amides is 2. The predicted molar refractivity (Wildman–Crippen MR) is 84.9 cm³/mol. The van der Waals surface area contributed by atoms with Crippen LogP contribution in [0.1, 0.15) is 31.0 Å². The number of ketones is 1. The second kappa shape index (κ2) is 7.43. The summed E-state index contributed by atoms with van der Waals surface area (Å²) in [4.78, 5) is 26.0. The van der Waals surface area contributed by atoms with E-state index < -0.39 is 35.8 Å². The highest BCUT2D eigenvalue weighted by molar-refractivity contribution is 5.85. The molecule has 0 saturated carbocycles. The number of alkyl halides is 3. The molecule has 1 N–H and O–H groups in total. The Balaban J connectivity index is 2.37. The maximum atomic E-state index is 13.0. The summed E-state index contributed by atoms with van der Waals surface area (Å²) < 4.78 is 43.9. The molecule has 8 heteroatoms. The van der Waals surface area contributed by atoms with E-state index in [2.05, 4.69) is 5.32 Å². The molecular weight excluding hydrogens is 337 g/mol. The minimum Gasteiger partial charge on any atom is -0.383 e. The summed E-state index contributed by atoms with van der Waals surface area (Å²) in [6.07, 6.45) is -4.49. The summed E-state index contributed by atoms with van der Waals surface area (Å²) in [5, 5.41) is 2.68. The van der Waals surface area contributed by atoms with Gasteiger partial charge >= 0.3 is 12.2 Å². The Kier molecular flexibility index (Phi) is 5.72. The summed E-state index contributed by atoms with van der Waals surface area (Å²) in [7, 11) is 1.50. The quantitative estimate of drug-likeness (QED) is 0.880. The molecular formula is C17H21F3N2O3. The van der Waals surface area contributed by atoms with Gasteiger partial charge in [-0.25, -0.2) is 4.79 Å². The molecule has 0 aromatic heterocycles. The van der Waals surface area contributed by atoms with Gasteiger partial charge in [0.2, 0.25) is 0 Å². The highest BCUT2D eigenvalue weighted by Gasteiger charge is 2.43. The molecule has 1 saturated heterocycles. The fraction of sp³-hybridized carbons (Fsp3) is 0.529. The highest BCUT2D eigenvalue weighted by atomic mass is 19.4. The second-order valence-electron chi connectivity index (χ2n) is 6.11. The lowest BCUT2D eigenvalue weighted by Crippen LogP contribution is -2.59. The van der Waals surface area contributed by atoms with E-state index >= 15 is 0 Å². The molecule has 1 aliphatic heterocycles. The van der Waals surface area contributed by atoms with Crippen molar-refractivity contribution in [2.24, 2.45) is 5.92 Å². The smallest absolute Gasteiger partial charge is 0.383 e. The molecule has 1 aliphatic rings. The third kappa shape index (κ3) is 4.12. The third-order valence-corrected chi connectivity index (χ3v) is 4.49. The summed E-state index contributed by atoms with van der Waals surface area (Å²) >= 11 is 0. The van der Waals surface area contributed by atoms with Gasteiger partial charge in [0.05, 0.1) is 24.1 Å². The zero-order valence-corrected chi connectivity index (χ0v) is 14.3. The number of methoxy groups -OCH3 is 1. The SMILES string of the molecule is COCCN1C(=O)N[C@@H](c2cccc(C(F)(F)F)c2)[C@@H](C(C)=O)[C@H]1C. The number of halogens is 3. The summed E-state index contributed by atoms with van der Waals surface area (Å²) in [6.45, 7) is 3.70. The first-order valence-corrected chi connectivity index (χ1v) is 7.90. The van der Waals surface area contributed by atoms with Gasteiger partial charge in [-0.15, -0.1) is 0 Å². The van der Waals surface area contributed by atoms with Gasteiger partial charge in [-0.3, -0.25) is 4.79 Å². The first-order chi connectivity index (χ1) is 11.7. The number of urea groups is 1. The number of rotatable bonds is 5. The molecule has 3 atom stereocenters. The van der Waals surface area contributed by atoms with Crippen molar-refractivity contribution >= 4 is 11.8 Å². The van der Waals surface area contributed by atoms with Crippen molar-refractivity contribution in [2.45, 2.75) is 32.1 Å². The van der Waals surface area contributed by atoms with Crippen LogP contribution in [0.15, 0.2) is 24.3 Å². The normalized spacial score (nSPS) is 24.2. The number of ether oxygens (including phenoxy) is 1. The summed E-state index contributed by atoms with van der Waals surface area (Å²) in [6, 6.07) is 3.03. The van der Waals surface area contributed by atoms with Gasteiger partial charge in [0.25, 0.3) is 0 Å². The lowest BCUT2D eigenvalue weighted by atomic mass is 9.82. The summed E-state index contributed by atoms with van der Waals surface area (Å²) in [5.74, 6) is -0.852. The maximum absolute atomic E-state index is 13.0. The standard InChI is InChI=1S/C17H21F3N2O3/c1-10-14(11(2)23)15(21-16(24)22(10)7-8-25-3)12-5-4-6-13(9-12)17(18,19)20/h4-6,9-10,14-15H,7-8H2,1-3H3,(H,21,24)/t10-,14-,15+/m1/s1. The number of nitrogens with zero attached hydrogens (tertiary/aromatic N) is 1. The number of nitrogens with one attached hydrogen (secondary N) is 1. The van der Waals surface area contributed by atoms with Crippen LogP contribution in [0.5, 0.6) is 0 Å². The van der Waals surface area contributed by atoms with Crippen LogP contribution < -0.4 is 5.32 Å². The van der Waals surface area contributed by atoms with Gasteiger partial charge in [-0.1, -0.05) is 12.1 Å². The van der Waals surface area contributed by atoms with Crippen LogP contribution in [0.3, 0.4) is 0 Å². The molecule has 2 amide bonds. The van der Waals surface area contributed by atoms with E-state index in [1.807, 2.05) is 0 Å². The maximum Gasteiger partial charge on any atom is 0.416 e. The first-order valence-electron chi connectivity index (χ1n) is 7.90. The second-order valence-corrected chi connectivity index (χ2v) is 6.11. The van der Waals surface area contributed by atoms with Crippen molar-refractivity contribution < 1.29 is 27.5 Å². The van der Waals surface area contributed by atoms with E-state index in [1.165, 1.54) is 31.1 Å². The third-order valence-electron chi connectivity index (χ3n) is 4.49. The monoisotopic (exact) mass is 358 g/mol. The molecule has 1 aromatic rings. The molecule has 25 heavy (non-hydrogen) atoms. The van der Waals surface area contributed by atoms with E-state index in [0.29, 0.717) is 13.2 Å². The van der Waals surface area contributed by atoms with Gasteiger partial charge in [-0.2, -0.15) is 13.2 Å². The molecule has 0 bridgehead atoms. The van der Waals surface area contributed by atoms with E-state index in [9.17, 15) is 22.8 Å². The van der Waals surface area contributed by atoms with Crippen LogP contribution in [0.25, 0.3) is 0 Å². The van der Waals surface area contributed by atoms with Gasteiger partial charge in [0.15, 0.2) is 0 Å². The Hall–Kier alpha value is -2.09. The van der Waals surface area contributed by atoms with Gasteiger partial charge < -0.3 is 15.0 Å². The Morgan fingerprint density at radius 2 is 2.04 bits per heavy atom. The largest absolute Gasteiger partial charge is 0.416 e. The summed E-state index contributed by atoms with van der Waals surface area (Å²) in [5.41, 5.74) is -0.544. The van der Waals surface area contributed by atoms with E-state index in [4.69, 9.17) is 4.74 Å². The Morgan fingerprint density at radius 3 is 2.60 bits per heavy atom. The molecule has 0 radical (unpaired) electrons. The van der Waals surface area contributed by atoms with Crippen LogP contribution in [0.2, 0.25) is 0 Å². The number of hydrogen-bond acceptors (Lipinski definition) is 3. The number of hydrogen-bond donors (Lipinski definition) is 1. The molecule has 5 nitrogen and oxygen atoms in total. The molecule has 1 fully saturated rings. The van der Waals surface area contributed by atoms with E-state index in [0.717, 1.165) is 12.1 Å². The number of Topliss-reactive ketones (excluding diaryl/α,β-unsaturated/α-hetero) is 1. The van der Waals surface area contributed by atoms with Crippen LogP contribution in [0.4, 0.5) is 18.0 Å². The van der Waals surface area contributed by atoms with Crippen LogP contribution in [-0.4, -0.2) is 43.0 Å². The molecule has 1 heterocycles. The Bertz CT molecular complexity index is 648. The van der Waals surface area contributed by atoms with Gasteiger partial charge in [0.1, 0.15) is 5.78 Å². The zero-order valence-electron chi connectivity index (χ0n) is 14.3. The Morgan fingerprint density at radius 1 is 1.36 bits per heavy atom. The molecule has 0 aliphatic carbocycles. The minimum atomic E-state index is -4.49. The van der Waals surface area contributed by atoms with E-state index in [-0.39, 0.29) is 11.3 Å². The van der Waals surface area contributed by atoms with Crippen LogP contribution >= 0.6 is 0 Å². The zero-order chi connectivity index (χ0) is 18.8. The molecule has 1 aromatic carbocycles. The van der Waals surface area contributed by atoms with Crippen molar-refractivity contribution in [3.63, 3.8) is 0 Å². The molecule has 138 valence electrons. The topological polar surface area (TPSA) is 58.6 Å². The molecule has 0 spiro atoms. The van der Waals surface area contributed by atoms with Crippen molar-refractivity contribution in [3.05, 3.63) is 35.4 Å². The average molecular weight is 358 g/mol. The lowest BCUT2D eigenvalue weighted by molar-refractivity contribution is -0.137. The van der Waals surface area contributed by atoms with Crippen molar-refractivity contribution in [1.82, 2.24) is 10.2 Å². The van der Waals surface area contributed by atoms with Crippen LogP contribution in [0, 0.1) is 5.92 Å². The average Bonchev–Trinajstić information content (AvgIpc) is 2.53. The van der Waals surface area contributed by atoms with Gasteiger partial charge in [0, 0.05) is 19.7 Å². The van der Waals surface area contributed by atoms with Crippen molar-refractivity contribution in [2.75, 3.05) is 20.3 Å². The van der Waals surface area contributed by atoms with E-state index in [1.54, 1.807) is 6.92 Å². The first kappa shape index (κ1) is 19.2. The minimum absolute atomic E-state index is 0.197. The predicted octanol–water partition coefficient (Wildman–Crippen LogP) is 3.01. The number of carbonyl (C=O) groups is 2. The lowest BCUT2D eigenvalue weighted by Gasteiger charge is -2.43. The Labute approximate surface area is 144 Å². The number of carbonyl (C=O) groups excluding carboxylic acids is 2.